The Morgan fingerprint density at radius 1 is 1.37 bits per heavy atom. The van der Waals surface area contributed by atoms with E-state index in [2.05, 4.69) is 0 Å². The van der Waals surface area contributed by atoms with E-state index in [1.807, 2.05) is 29.5 Å². The first-order valence-corrected chi connectivity index (χ1v) is 6.58. The molecule has 0 amide bonds. The average molecular weight is 280 g/mol. The van der Waals surface area contributed by atoms with Crippen molar-refractivity contribution in [3.8, 4) is 0 Å². The summed E-state index contributed by atoms with van der Waals surface area (Å²) >= 11 is 1.67. The Morgan fingerprint density at radius 2 is 2.16 bits per heavy atom. The minimum atomic E-state index is -0.785. The van der Waals surface area contributed by atoms with Crippen molar-refractivity contribution in [2.45, 2.75) is 13.1 Å². The third-order valence-electron chi connectivity index (χ3n) is 2.67. The molecule has 2 aromatic rings. The normalized spacial score (nSPS) is 10.9. The predicted molar refractivity (Wildman–Crippen MR) is 72.5 cm³/mol. The number of hydrogen-bond acceptors (Lipinski definition) is 4. The molecule has 0 bridgehead atoms. The van der Waals surface area contributed by atoms with Crippen LogP contribution in [0.3, 0.4) is 0 Å². The fourth-order valence-electron chi connectivity index (χ4n) is 1.83. The number of benzene rings is 1. The predicted octanol–water partition coefficient (Wildman–Crippen LogP) is 3.43. The van der Waals surface area contributed by atoms with Gasteiger partial charge in [0.1, 0.15) is 0 Å². The van der Waals surface area contributed by atoms with Gasteiger partial charge in [-0.3, -0.25) is 15.0 Å². The molecule has 0 aliphatic rings. The van der Waals surface area contributed by atoms with Crippen LogP contribution in [0.5, 0.6) is 0 Å². The Kier molecular flexibility index (Phi) is 4.24. The average Bonchev–Trinajstić information content (AvgIpc) is 2.81. The second-order valence-corrected chi connectivity index (χ2v) is 5.33. The molecule has 4 nitrogen and oxygen atoms in total. The molecule has 0 aliphatic heterocycles. The van der Waals surface area contributed by atoms with E-state index in [0.29, 0.717) is 6.54 Å². The van der Waals surface area contributed by atoms with Gasteiger partial charge in [-0.2, -0.15) is 4.39 Å². The van der Waals surface area contributed by atoms with Gasteiger partial charge in [-0.15, -0.1) is 11.3 Å². The van der Waals surface area contributed by atoms with E-state index in [-0.39, 0.29) is 0 Å². The number of nitro benzene ring substituents is 1. The van der Waals surface area contributed by atoms with Crippen molar-refractivity contribution in [1.29, 1.82) is 0 Å². The fourth-order valence-corrected chi connectivity index (χ4v) is 2.62. The molecular weight excluding hydrogens is 267 g/mol. The second kappa shape index (κ2) is 5.90. The Balaban J connectivity index is 2.03. The number of hydrogen-bond donors (Lipinski definition) is 0. The number of rotatable bonds is 5. The van der Waals surface area contributed by atoms with Crippen LogP contribution in [-0.4, -0.2) is 16.9 Å². The van der Waals surface area contributed by atoms with E-state index < -0.39 is 16.4 Å². The molecule has 19 heavy (non-hydrogen) atoms. The van der Waals surface area contributed by atoms with Crippen LogP contribution in [0.25, 0.3) is 0 Å². The molecule has 2 rings (SSSR count). The molecule has 0 N–H and O–H groups in total. The van der Waals surface area contributed by atoms with Crippen LogP contribution in [0.15, 0.2) is 35.7 Å². The highest BCUT2D eigenvalue weighted by Gasteiger charge is 2.14. The van der Waals surface area contributed by atoms with Gasteiger partial charge in [-0.25, -0.2) is 0 Å². The molecule has 1 aromatic carbocycles. The van der Waals surface area contributed by atoms with Gasteiger partial charge in [0.15, 0.2) is 0 Å². The summed E-state index contributed by atoms with van der Waals surface area (Å²) in [6, 6.07) is 8.05. The molecule has 0 saturated heterocycles. The molecule has 0 fully saturated rings. The van der Waals surface area contributed by atoms with E-state index >= 15 is 0 Å². The molecular formula is C13H13FN2O2S. The third-order valence-corrected chi connectivity index (χ3v) is 3.53. The highest BCUT2D eigenvalue weighted by molar-refractivity contribution is 7.09. The number of thiophene rings is 1. The maximum Gasteiger partial charge on any atom is 0.304 e. The van der Waals surface area contributed by atoms with Crippen LogP contribution in [0, 0.1) is 15.9 Å². The largest absolute Gasteiger partial charge is 0.304 e. The summed E-state index contributed by atoms with van der Waals surface area (Å²) in [5.74, 6) is -0.785. The summed E-state index contributed by atoms with van der Waals surface area (Å²) < 4.78 is 13.5. The fraction of sp³-hybridized carbons (Fsp3) is 0.231. The van der Waals surface area contributed by atoms with Crippen molar-refractivity contribution in [2.75, 3.05) is 7.05 Å². The molecule has 0 atom stereocenters. The molecule has 1 aromatic heterocycles. The molecule has 0 radical (unpaired) electrons. The van der Waals surface area contributed by atoms with Crippen LogP contribution in [0.4, 0.5) is 10.1 Å². The summed E-state index contributed by atoms with van der Waals surface area (Å²) in [5.41, 5.74) is 0.242. The Bertz CT molecular complexity index is 572. The monoisotopic (exact) mass is 280 g/mol. The van der Waals surface area contributed by atoms with Gasteiger partial charge < -0.3 is 0 Å². The summed E-state index contributed by atoms with van der Waals surface area (Å²) in [5, 5.41) is 12.5. The van der Waals surface area contributed by atoms with Gasteiger partial charge in [0.25, 0.3) is 0 Å². The summed E-state index contributed by atoms with van der Waals surface area (Å²) in [6.07, 6.45) is 0. The quantitative estimate of drug-likeness (QED) is 0.622. The Hall–Kier alpha value is -1.79. The lowest BCUT2D eigenvalue weighted by Gasteiger charge is -2.15. The minimum absolute atomic E-state index is 0.482. The molecule has 1 heterocycles. The second-order valence-electron chi connectivity index (χ2n) is 4.29. The van der Waals surface area contributed by atoms with E-state index in [4.69, 9.17) is 0 Å². The molecule has 0 aliphatic carbocycles. The molecule has 0 spiro atoms. The van der Waals surface area contributed by atoms with Crippen LogP contribution >= 0.6 is 11.3 Å². The van der Waals surface area contributed by atoms with Gasteiger partial charge in [-0.1, -0.05) is 12.1 Å². The lowest BCUT2D eigenvalue weighted by Crippen LogP contribution is -2.16. The van der Waals surface area contributed by atoms with Crippen molar-refractivity contribution in [3.63, 3.8) is 0 Å². The first kappa shape index (κ1) is 13.6. The van der Waals surface area contributed by atoms with E-state index in [1.165, 1.54) is 17.0 Å². The van der Waals surface area contributed by atoms with E-state index in [0.717, 1.165) is 12.1 Å². The van der Waals surface area contributed by atoms with Crippen molar-refractivity contribution < 1.29 is 9.31 Å². The maximum absolute atomic E-state index is 13.5. The molecule has 0 unspecified atom stereocenters. The summed E-state index contributed by atoms with van der Waals surface area (Å²) in [7, 11) is 1.93. The van der Waals surface area contributed by atoms with E-state index in [1.54, 1.807) is 17.4 Å². The maximum atomic E-state index is 13.5. The molecule has 0 saturated carbocycles. The van der Waals surface area contributed by atoms with Crippen LogP contribution in [-0.2, 0) is 13.1 Å². The summed E-state index contributed by atoms with van der Waals surface area (Å²) in [4.78, 5) is 13.1. The minimum Gasteiger partial charge on any atom is -0.297 e. The smallest absolute Gasteiger partial charge is 0.297 e. The van der Waals surface area contributed by atoms with E-state index in [9.17, 15) is 14.5 Å². The van der Waals surface area contributed by atoms with Gasteiger partial charge in [0.05, 0.1) is 4.92 Å². The zero-order chi connectivity index (χ0) is 13.8. The van der Waals surface area contributed by atoms with Crippen molar-refractivity contribution in [2.24, 2.45) is 0 Å². The third kappa shape index (κ3) is 3.59. The lowest BCUT2D eigenvalue weighted by molar-refractivity contribution is -0.387. The Morgan fingerprint density at radius 3 is 2.74 bits per heavy atom. The standard InChI is InChI=1S/C13H13FN2O2S/c1-15(9-11-3-2-6-19-11)8-10-4-5-13(16(17)18)12(14)7-10/h2-7H,8-9H2,1H3. The van der Waals surface area contributed by atoms with Crippen molar-refractivity contribution in [1.82, 2.24) is 4.90 Å². The number of halogens is 1. The first-order chi connectivity index (χ1) is 9.06. The van der Waals surface area contributed by atoms with Crippen LogP contribution < -0.4 is 0 Å². The van der Waals surface area contributed by atoms with Crippen molar-refractivity contribution in [3.05, 3.63) is 62.1 Å². The molecule has 100 valence electrons. The number of nitro groups is 1. The highest BCUT2D eigenvalue weighted by Crippen LogP contribution is 2.19. The Labute approximate surface area is 114 Å². The highest BCUT2D eigenvalue weighted by atomic mass is 32.1. The number of nitrogens with zero attached hydrogens (tertiary/aromatic N) is 2. The molecule has 6 heteroatoms. The lowest BCUT2D eigenvalue weighted by atomic mass is 10.2. The van der Waals surface area contributed by atoms with Gasteiger partial charge >= 0.3 is 5.69 Å². The van der Waals surface area contributed by atoms with Crippen molar-refractivity contribution >= 4 is 17.0 Å². The van der Waals surface area contributed by atoms with Gasteiger partial charge in [-0.05, 0) is 30.1 Å². The zero-order valence-corrected chi connectivity index (χ0v) is 11.2. The van der Waals surface area contributed by atoms with Gasteiger partial charge in [0, 0.05) is 24.0 Å². The topological polar surface area (TPSA) is 46.4 Å². The SMILES string of the molecule is CN(Cc1ccc([N+](=O)[O-])c(F)c1)Cc1cccs1. The van der Waals surface area contributed by atoms with Crippen LogP contribution in [0.2, 0.25) is 0 Å². The van der Waals surface area contributed by atoms with Crippen LogP contribution in [0.1, 0.15) is 10.4 Å². The van der Waals surface area contributed by atoms with Gasteiger partial charge in [0.2, 0.25) is 5.82 Å². The zero-order valence-electron chi connectivity index (χ0n) is 10.4. The summed E-state index contributed by atoms with van der Waals surface area (Å²) in [6.45, 7) is 1.32. The first-order valence-electron chi connectivity index (χ1n) is 5.70.